The van der Waals surface area contributed by atoms with E-state index in [1.165, 1.54) is 82.0 Å². The molecule has 0 N–H and O–H groups in total. The standard InChI is InChI=1S/C44H26O/c1-2-7-27(8-3-1)32-19-22-40-38(25-32)39-26-35(24-34-13-6-14-41(45-40)43(34)39)31-11-5-12-33(23-31)36-20-17-30-16-15-28-9-4-10-29-18-21-37(36)44(30)42(28)29/h1-26H. The monoisotopic (exact) mass is 570 g/mol. The molecule has 45 heavy (non-hydrogen) atoms. The SMILES string of the molecule is c1ccc(-c2ccc3c(c2)-c2cc(-c4cccc(-c5ccc6ccc7cccc8ccc5c6c78)c4)cc4cccc(c24)O3)cc1. The minimum absolute atomic E-state index is 0.897. The largest absolute Gasteiger partial charge is 0.456 e. The summed E-state index contributed by atoms with van der Waals surface area (Å²) in [5, 5.41) is 10.2. The van der Waals surface area contributed by atoms with Gasteiger partial charge in [-0.05, 0) is 113 Å². The van der Waals surface area contributed by atoms with Gasteiger partial charge in [-0.25, -0.2) is 0 Å². The van der Waals surface area contributed by atoms with E-state index in [-0.39, 0.29) is 0 Å². The molecule has 1 aliphatic heterocycles. The van der Waals surface area contributed by atoms with E-state index in [2.05, 4.69) is 158 Å². The first-order valence-electron chi connectivity index (χ1n) is 15.5. The predicted octanol–water partition coefficient (Wildman–Crippen LogP) is 12.5. The smallest absolute Gasteiger partial charge is 0.135 e. The van der Waals surface area contributed by atoms with Crippen LogP contribution in [0.2, 0.25) is 0 Å². The van der Waals surface area contributed by atoms with Gasteiger partial charge in [-0.2, -0.15) is 0 Å². The average molecular weight is 571 g/mol. The second-order valence-electron chi connectivity index (χ2n) is 12.1. The molecule has 1 heterocycles. The van der Waals surface area contributed by atoms with E-state index in [0.29, 0.717) is 0 Å². The van der Waals surface area contributed by atoms with Crippen molar-refractivity contribution >= 4 is 43.1 Å². The number of rotatable bonds is 3. The van der Waals surface area contributed by atoms with Crippen molar-refractivity contribution in [2.24, 2.45) is 0 Å². The van der Waals surface area contributed by atoms with Gasteiger partial charge in [-0.15, -0.1) is 0 Å². The van der Waals surface area contributed by atoms with Crippen molar-refractivity contribution in [3.05, 3.63) is 158 Å². The van der Waals surface area contributed by atoms with Crippen LogP contribution in [0.25, 0.3) is 87.6 Å². The van der Waals surface area contributed by atoms with Gasteiger partial charge in [0.2, 0.25) is 0 Å². The molecule has 10 rings (SSSR count). The van der Waals surface area contributed by atoms with Gasteiger partial charge >= 0.3 is 0 Å². The van der Waals surface area contributed by atoms with Crippen LogP contribution in [-0.2, 0) is 0 Å². The third-order valence-corrected chi connectivity index (χ3v) is 9.57. The molecular formula is C44H26O. The van der Waals surface area contributed by atoms with Crippen LogP contribution in [0.4, 0.5) is 0 Å². The number of fused-ring (bicyclic) bond motifs is 2. The summed E-state index contributed by atoms with van der Waals surface area (Å²) in [6, 6.07) is 57.4. The molecular weight excluding hydrogens is 544 g/mol. The van der Waals surface area contributed by atoms with Gasteiger partial charge in [0.05, 0.1) is 0 Å². The quantitative estimate of drug-likeness (QED) is 0.192. The molecule has 0 aromatic heterocycles. The number of benzene rings is 9. The summed E-state index contributed by atoms with van der Waals surface area (Å²) in [6.07, 6.45) is 0. The van der Waals surface area contributed by atoms with Crippen LogP contribution < -0.4 is 4.74 Å². The van der Waals surface area contributed by atoms with Gasteiger partial charge in [-0.3, -0.25) is 0 Å². The Morgan fingerprint density at radius 2 is 0.956 bits per heavy atom. The van der Waals surface area contributed by atoms with E-state index in [1.807, 2.05) is 0 Å². The molecule has 9 aromatic rings. The second kappa shape index (κ2) is 9.29. The van der Waals surface area contributed by atoms with Gasteiger partial charge in [-0.1, -0.05) is 121 Å². The van der Waals surface area contributed by atoms with Crippen LogP contribution in [-0.4, -0.2) is 0 Å². The molecule has 0 unspecified atom stereocenters. The second-order valence-corrected chi connectivity index (χ2v) is 12.1. The minimum Gasteiger partial charge on any atom is -0.456 e. The van der Waals surface area contributed by atoms with E-state index < -0.39 is 0 Å². The summed E-state index contributed by atoms with van der Waals surface area (Å²) >= 11 is 0. The first kappa shape index (κ1) is 24.5. The third kappa shape index (κ3) is 3.68. The molecule has 0 amide bonds. The molecule has 0 saturated heterocycles. The van der Waals surface area contributed by atoms with Crippen LogP contribution in [0, 0.1) is 0 Å². The van der Waals surface area contributed by atoms with Crippen molar-refractivity contribution in [3.8, 4) is 56.0 Å². The average Bonchev–Trinajstić information content (AvgIpc) is 3.11. The lowest BCUT2D eigenvalue weighted by Gasteiger charge is -2.23. The molecule has 0 atom stereocenters. The van der Waals surface area contributed by atoms with E-state index in [9.17, 15) is 0 Å². The molecule has 0 bridgehead atoms. The van der Waals surface area contributed by atoms with Gasteiger partial charge in [0.15, 0.2) is 0 Å². The first-order valence-corrected chi connectivity index (χ1v) is 15.5. The molecule has 1 nitrogen and oxygen atoms in total. The fourth-order valence-corrected chi connectivity index (χ4v) is 7.47. The number of hydrogen-bond acceptors (Lipinski definition) is 1. The maximum Gasteiger partial charge on any atom is 0.135 e. The van der Waals surface area contributed by atoms with Gasteiger partial charge in [0.25, 0.3) is 0 Å². The normalized spacial score (nSPS) is 12.2. The van der Waals surface area contributed by atoms with Gasteiger partial charge in [0, 0.05) is 10.9 Å². The maximum atomic E-state index is 6.45. The Balaban J connectivity index is 1.16. The molecule has 0 spiro atoms. The highest BCUT2D eigenvalue weighted by molar-refractivity contribution is 6.25. The van der Waals surface area contributed by atoms with Crippen molar-refractivity contribution in [1.29, 1.82) is 0 Å². The van der Waals surface area contributed by atoms with Crippen molar-refractivity contribution in [1.82, 2.24) is 0 Å². The van der Waals surface area contributed by atoms with Gasteiger partial charge < -0.3 is 4.74 Å². The van der Waals surface area contributed by atoms with Crippen molar-refractivity contribution in [3.63, 3.8) is 0 Å². The number of ether oxygens (including phenoxy) is 1. The summed E-state index contributed by atoms with van der Waals surface area (Å²) in [4.78, 5) is 0. The summed E-state index contributed by atoms with van der Waals surface area (Å²) in [6.45, 7) is 0. The lowest BCUT2D eigenvalue weighted by Crippen LogP contribution is -1.98. The zero-order valence-corrected chi connectivity index (χ0v) is 24.4. The number of hydrogen-bond donors (Lipinski definition) is 0. The van der Waals surface area contributed by atoms with Crippen LogP contribution in [0.1, 0.15) is 0 Å². The van der Waals surface area contributed by atoms with E-state index in [1.54, 1.807) is 0 Å². The zero-order chi connectivity index (χ0) is 29.5. The molecule has 0 saturated carbocycles. The van der Waals surface area contributed by atoms with E-state index >= 15 is 0 Å². The minimum atomic E-state index is 0.897. The lowest BCUT2D eigenvalue weighted by atomic mass is 9.87. The predicted molar refractivity (Wildman–Crippen MR) is 189 cm³/mol. The lowest BCUT2D eigenvalue weighted by molar-refractivity contribution is 0.487. The molecule has 0 aliphatic carbocycles. The van der Waals surface area contributed by atoms with Crippen LogP contribution >= 0.6 is 0 Å². The fraction of sp³-hybridized carbons (Fsp3) is 0. The third-order valence-electron chi connectivity index (χ3n) is 9.57. The summed E-state index contributed by atoms with van der Waals surface area (Å²) in [5.74, 6) is 1.81. The Morgan fingerprint density at radius 1 is 0.289 bits per heavy atom. The summed E-state index contributed by atoms with van der Waals surface area (Å²) in [5.41, 5.74) is 9.62. The highest BCUT2D eigenvalue weighted by atomic mass is 16.5. The molecule has 0 radical (unpaired) electrons. The zero-order valence-electron chi connectivity index (χ0n) is 24.4. The Bertz CT molecular complexity index is 2600. The highest BCUT2D eigenvalue weighted by Gasteiger charge is 2.22. The van der Waals surface area contributed by atoms with Crippen LogP contribution in [0.3, 0.4) is 0 Å². The van der Waals surface area contributed by atoms with Crippen molar-refractivity contribution < 1.29 is 4.74 Å². The van der Waals surface area contributed by atoms with Crippen LogP contribution in [0.5, 0.6) is 11.5 Å². The fourth-order valence-electron chi connectivity index (χ4n) is 7.47. The summed E-state index contributed by atoms with van der Waals surface area (Å²) in [7, 11) is 0. The maximum absolute atomic E-state index is 6.45. The molecule has 9 aromatic carbocycles. The summed E-state index contributed by atoms with van der Waals surface area (Å²) < 4.78 is 6.45. The molecule has 208 valence electrons. The molecule has 0 fully saturated rings. The Kier molecular flexibility index (Phi) is 5.06. The Morgan fingerprint density at radius 3 is 1.84 bits per heavy atom. The van der Waals surface area contributed by atoms with E-state index in [4.69, 9.17) is 4.74 Å². The van der Waals surface area contributed by atoms with Gasteiger partial charge in [0.1, 0.15) is 11.5 Å². The van der Waals surface area contributed by atoms with E-state index in [0.717, 1.165) is 17.1 Å². The van der Waals surface area contributed by atoms with Crippen LogP contribution in [0.15, 0.2) is 158 Å². The highest BCUT2D eigenvalue weighted by Crippen LogP contribution is 2.49. The van der Waals surface area contributed by atoms with Crippen molar-refractivity contribution in [2.45, 2.75) is 0 Å². The Hall–Kier alpha value is -5.92. The Labute approximate surface area is 260 Å². The molecule has 1 heteroatoms. The topological polar surface area (TPSA) is 9.23 Å². The van der Waals surface area contributed by atoms with Crippen molar-refractivity contribution in [2.75, 3.05) is 0 Å². The first-order chi connectivity index (χ1) is 22.3. The molecule has 1 aliphatic rings.